The number of hydrogen-bond donors (Lipinski definition) is 0. The second kappa shape index (κ2) is 6.49. The molecule has 2 rings (SSSR count). The highest BCUT2D eigenvalue weighted by atomic mass is 32.2. The highest BCUT2D eigenvalue weighted by Crippen LogP contribution is 2.33. The van der Waals surface area contributed by atoms with Gasteiger partial charge in [0.05, 0.1) is 4.75 Å². The summed E-state index contributed by atoms with van der Waals surface area (Å²) < 4.78 is 25.0. The Balaban J connectivity index is 2.46. The van der Waals surface area contributed by atoms with E-state index in [1.807, 2.05) is 66.7 Å². The lowest BCUT2D eigenvalue weighted by Crippen LogP contribution is -2.32. The van der Waals surface area contributed by atoms with E-state index in [9.17, 15) is 8.42 Å². The normalized spacial score (nSPS) is 14.1. The molecule has 0 fully saturated rings. The summed E-state index contributed by atoms with van der Waals surface area (Å²) in [6, 6.07) is 19.1. The van der Waals surface area contributed by atoms with Crippen LogP contribution in [0.25, 0.3) is 6.08 Å². The van der Waals surface area contributed by atoms with Crippen LogP contribution in [0.1, 0.15) is 37.1 Å². The fourth-order valence-corrected chi connectivity index (χ4v) is 3.74. The van der Waals surface area contributed by atoms with Crippen LogP contribution in [0.2, 0.25) is 0 Å². The topological polar surface area (TPSA) is 34.1 Å². The van der Waals surface area contributed by atoms with Crippen LogP contribution in [0.3, 0.4) is 0 Å². The van der Waals surface area contributed by atoms with Crippen LogP contribution in [0.4, 0.5) is 0 Å². The van der Waals surface area contributed by atoms with E-state index in [1.165, 1.54) is 0 Å². The van der Waals surface area contributed by atoms with Gasteiger partial charge in [0.2, 0.25) is 0 Å². The predicted octanol–water partition coefficient (Wildman–Crippen LogP) is 4.65. The molecule has 2 nitrogen and oxygen atoms in total. The van der Waals surface area contributed by atoms with Crippen molar-refractivity contribution in [3.05, 3.63) is 77.9 Å². The maximum Gasteiger partial charge on any atom is 0.165 e. The Morgan fingerprint density at radius 3 is 1.86 bits per heavy atom. The molecular formula is C19H22O2S. The Morgan fingerprint density at radius 1 is 0.864 bits per heavy atom. The molecule has 0 aliphatic rings. The van der Waals surface area contributed by atoms with Crippen molar-refractivity contribution < 1.29 is 8.42 Å². The fourth-order valence-electron chi connectivity index (χ4n) is 2.18. The molecule has 2 aromatic rings. The standard InChI is InChI=1S/C19H22O2S/c1-19(2,3)22(20,21)18(17-12-8-5-9-13-17)15-14-16-10-6-4-7-11-16/h4-15,18H,1-3H3/b15-14+. The molecule has 0 N–H and O–H groups in total. The number of sulfone groups is 1. The van der Waals surface area contributed by atoms with Gasteiger partial charge in [-0.15, -0.1) is 0 Å². The molecule has 0 radical (unpaired) electrons. The monoisotopic (exact) mass is 314 g/mol. The van der Waals surface area contributed by atoms with E-state index < -0.39 is 19.8 Å². The summed E-state index contributed by atoms with van der Waals surface area (Å²) in [5.74, 6) is 0. The maximum absolute atomic E-state index is 12.9. The van der Waals surface area contributed by atoms with E-state index >= 15 is 0 Å². The van der Waals surface area contributed by atoms with Crippen molar-refractivity contribution in [1.29, 1.82) is 0 Å². The maximum atomic E-state index is 12.9. The highest BCUT2D eigenvalue weighted by molar-refractivity contribution is 7.93. The number of rotatable bonds is 4. The first-order valence-electron chi connectivity index (χ1n) is 7.34. The van der Waals surface area contributed by atoms with Gasteiger partial charge in [-0.25, -0.2) is 8.42 Å². The zero-order valence-electron chi connectivity index (χ0n) is 13.2. The smallest absolute Gasteiger partial charge is 0.165 e. The Labute approximate surface area is 133 Å². The first-order chi connectivity index (χ1) is 10.3. The van der Waals surface area contributed by atoms with E-state index in [1.54, 1.807) is 26.8 Å². The Morgan fingerprint density at radius 2 is 1.36 bits per heavy atom. The molecule has 0 aliphatic carbocycles. The molecule has 0 saturated heterocycles. The van der Waals surface area contributed by atoms with Crippen molar-refractivity contribution >= 4 is 15.9 Å². The van der Waals surface area contributed by atoms with Gasteiger partial charge in [0.1, 0.15) is 5.25 Å². The van der Waals surface area contributed by atoms with Crippen LogP contribution < -0.4 is 0 Å². The molecule has 0 amide bonds. The fraction of sp³-hybridized carbons (Fsp3) is 0.263. The highest BCUT2D eigenvalue weighted by Gasteiger charge is 2.36. The summed E-state index contributed by atoms with van der Waals surface area (Å²) in [6.45, 7) is 5.23. The van der Waals surface area contributed by atoms with Crippen LogP contribution in [-0.4, -0.2) is 13.2 Å². The zero-order valence-corrected chi connectivity index (χ0v) is 14.0. The first kappa shape index (κ1) is 16.5. The minimum absolute atomic E-state index is 0.645. The van der Waals surface area contributed by atoms with E-state index in [0.29, 0.717) is 0 Å². The third-order valence-corrected chi connectivity index (χ3v) is 6.38. The van der Waals surface area contributed by atoms with Gasteiger partial charge in [-0.3, -0.25) is 0 Å². The first-order valence-corrected chi connectivity index (χ1v) is 8.88. The van der Waals surface area contributed by atoms with E-state index in [4.69, 9.17) is 0 Å². The van der Waals surface area contributed by atoms with Gasteiger partial charge in [-0.2, -0.15) is 0 Å². The molecule has 0 saturated carbocycles. The summed E-state index contributed by atoms with van der Waals surface area (Å²) in [5.41, 5.74) is 1.79. The SMILES string of the molecule is CC(C)(C)S(=O)(=O)C(/C=C/c1ccccc1)c1ccccc1. The van der Waals surface area contributed by atoms with E-state index in [2.05, 4.69) is 0 Å². The molecule has 0 heterocycles. The average Bonchev–Trinajstić information content (AvgIpc) is 2.48. The lowest BCUT2D eigenvalue weighted by Gasteiger charge is -2.25. The minimum atomic E-state index is -3.35. The molecule has 0 aromatic heterocycles. The van der Waals surface area contributed by atoms with Gasteiger partial charge in [-0.05, 0) is 31.9 Å². The Kier molecular flexibility index (Phi) is 4.87. The average molecular weight is 314 g/mol. The molecule has 22 heavy (non-hydrogen) atoms. The molecule has 3 heteroatoms. The molecule has 0 spiro atoms. The van der Waals surface area contributed by atoms with Crippen molar-refractivity contribution in [3.63, 3.8) is 0 Å². The molecule has 0 bridgehead atoms. The van der Waals surface area contributed by atoms with Crippen molar-refractivity contribution in [2.45, 2.75) is 30.8 Å². The summed E-state index contributed by atoms with van der Waals surface area (Å²) in [4.78, 5) is 0. The molecule has 116 valence electrons. The lowest BCUT2D eigenvalue weighted by atomic mass is 10.1. The Hall–Kier alpha value is -1.87. The van der Waals surface area contributed by atoms with Gasteiger partial charge >= 0.3 is 0 Å². The number of hydrogen-bond acceptors (Lipinski definition) is 2. The van der Waals surface area contributed by atoms with Crippen LogP contribution in [0, 0.1) is 0 Å². The Bertz CT molecular complexity index is 724. The van der Waals surface area contributed by atoms with Crippen LogP contribution in [0.15, 0.2) is 66.7 Å². The summed E-state index contributed by atoms with van der Waals surface area (Å²) in [5, 5.41) is -0.645. The molecule has 2 aromatic carbocycles. The summed E-state index contributed by atoms with van der Waals surface area (Å²) >= 11 is 0. The van der Waals surface area contributed by atoms with E-state index in [0.717, 1.165) is 11.1 Å². The van der Waals surface area contributed by atoms with E-state index in [-0.39, 0.29) is 0 Å². The van der Waals surface area contributed by atoms with Crippen LogP contribution in [-0.2, 0) is 9.84 Å². The molecule has 1 unspecified atom stereocenters. The van der Waals surface area contributed by atoms with Crippen LogP contribution in [0.5, 0.6) is 0 Å². The molecule has 1 atom stereocenters. The van der Waals surface area contributed by atoms with Gasteiger partial charge in [-0.1, -0.05) is 72.8 Å². The van der Waals surface area contributed by atoms with Crippen molar-refractivity contribution in [3.8, 4) is 0 Å². The predicted molar refractivity (Wildman–Crippen MR) is 93.3 cm³/mol. The summed E-state index contributed by atoms with van der Waals surface area (Å²) in [6.07, 6.45) is 3.66. The third kappa shape index (κ3) is 3.66. The largest absolute Gasteiger partial charge is 0.227 e. The van der Waals surface area contributed by atoms with Gasteiger partial charge in [0.25, 0.3) is 0 Å². The third-order valence-electron chi connectivity index (χ3n) is 3.58. The second-order valence-corrected chi connectivity index (χ2v) is 9.08. The van der Waals surface area contributed by atoms with Crippen molar-refractivity contribution in [1.82, 2.24) is 0 Å². The molecule has 0 aliphatic heterocycles. The quantitative estimate of drug-likeness (QED) is 0.823. The van der Waals surface area contributed by atoms with Crippen molar-refractivity contribution in [2.75, 3.05) is 0 Å². The van der Waals surface area contributed by atoms with Crippen LogP contribution >= 0.6 is 0 Å². The summed E-state index contributed by atoms with van der Waals surface area (Å²) in [7, 11) is -3.35. The zero-order chi connectivity index (χ0) is 16.2. The number of benzene rings is 2. The van der Waals surface area contributed by atoms with Gasteiger partial charge in [0.15, 0.2) is 9.84 Å². The molecular weight excluding hydrogens is 292 g/mol. The van der Waals surface area contributed by atoms with Gasteiger partial charge in [0, 0.05) is 0 Å². The van der Waals surface area contributed by atoms with Gasteiger partial charge < -0.3 is 0 Å². The second-order valence-electron chi connectivity index (χ2n) is 6.26. The van der Waals surface area contributed by atoms with Crippen molar-refractivity contribution in [2.24, 2.45) is 0 Å². The minimum Gasteiger partial charge on any atom is -0.227 e. The lowest BCUT2D eigenvalue weighted by molar-refractivity contribution is 0.554.